The fraction of sp³-hybridized carbons (Fsp3) is 0.0377. The average molecular weight is 757 g/mol. The van der Waals surface area contributed by atoms with Gasteiger partial charge in [0.15, 0.2) is 0 Å². The van der Waals surface area contributed by atoms with Gasteiger partial charge in [-0.05, 0) is 120 Å². The molecule has 0 unspecified atom stereocenters. The molecule has 0 fully saturated rings. The van der Waals surface area contributed by atoms with Crippen molar-refractivity contribution >= 4 is 56.0 Å². The summed E-state index contributed by atoms with van der Waals surface area (Å²) in [5.74, 6) is 0. The number of benzene rings is 3. The van der Waals surface area contributed by atoms with Crippen LogP contribution in [0.5, 0.6) is 0 Å². The monoisotopic (exact) mass is 756 g/mol. The van der Waals surface area contributed by atoms with E-state index >= 15 is 0 Å². The van der Waals surface area contributed by atoms with E-state index in [1.54, 1.807) is 0 Å². The second-order valence-electron chi connectivity index (χ2n) is 14.9. The molecule has 2 aliphatic carbocycles. The Morgan fingerprint density at radius 3 is 2.14 bits per heavy atom. The maximum Gasteiger partial charge on any atom is 0.0724 e. The van der Waals surface area contributed by atoms with Gasteiger partial charge < -0.3 is 9.13 Å². The number of allylic oxidation sites excluding steroid dienone is 7. The van der Waals surface area contributed by atoms with Gasteiger partial charge in [0.2, 0.25) is 0 Å². The molecule has 0 saturated heterocycles. The molecule has 0 atom stereocenters. The molecule has 3 aromatic carbocycles. The number of fused-ring (bicyclic) bond motifs is 6. The van der Waals surface area contributed by atoms with Crippen LogP contribution in [0.15, 0.2) is 182 Å². The lowest BCUT2D eigenvalue weighted by atomic mass is 9.93. The number of hydrogen-bond donors (Lipinski definition) is 0. The van der Waals surface area contributed by atoms with E-state index in [-0.39, 0.29) is 0 Å². The van der Waals surface area contributed by atoms with Crippen LogP contribution in [0.3, 0.4) is 0 Å². The summed E-state index contributed by atoms with van der Waals surface area (Å²) in [7, 11) is 0. The summed E-state index contributed by atoms with van der Waals surface area (Å²) in [6, 6.07) is 36.6. The number of hydrogen-bond acceptors (Lipinski definition) is 4. The molecular formula is C53H36N6. The lowest BCUT2D eigenvalue weighted by molar-refractivity contribution is 1.08. The van der Waals surface area contributed by atoms with Crippen molar-refractivity contribution in [2.75, 3.05) is 0 Å². The van der Waals surface area contributed by atoms with Gasteiger partial charge in [-0.2, -0.15) is 0 Å². The van der Waals surface area contributed by atoms with E-state index in [1.807, 2.05) is 67.5 Å². The van der Waals surface area contributed by atoms with E-state index in [2.05, 4.69) is 153 Å². The number of nitrogens with zero attached hydrogens (tertiary/aromatic N) is 6. The molecule has 9 aromatic rings. The molecule has 6 heteroatoms. The second-order valence-corrected chi connectivity index (χ2v) is 14.9. The smallest absolute Gasteiger partial charge is 0.0724 e. The number of para-hydroxylation sites is 1. The fourth-order valence-electron chi connectivity index (χ4n) is 8.77. The van der Waals surface area contributed by atoms with Crippen molar-refractivity contribution in [3.05, 3.63) is 211 Å². The molecular weight excluding hydrogens is 721 g/mol. The van der Waals surface area contributed by atoms with Crippen LogP contribution in [0.25, 0.3) is 89.8 Å². The fourth-order valence-corrected chi connectivity index (χ4v) is 8.77. The Hall–Kier alpha value is -7.92. The van der Waals surface area contributed by atoms with Gasteiger partial charge in [0.1, 0.15) is 0 Å². The van der Waals surface area contributed by atoms with Crippen LogP contribution < -0.4 is 0 Å². The maximum absolute atomic E-state index is 5.19. The summed E-state index contributed by atoms with van der Waals surface area (Å²) < 4.78 is 4.69. The van der Waals surface area contributed by atoms with E-state index in [4.69, 9.17) is 9.97 Å². The van der Waals surface area contributed by atoms with Gasteiger partial charge >= 0.3 is 0 Å². The van der Waals surface area contributed by atoms with Gasteiger partial charge in [0.05, 0.1) is 46.0 Å². The summed E-state index contributed by atoms with van der Waals surface area (Å²) in [5.41, 5.74) is 20.5. The van der Waals surface area contributed by atoms with Gasteiger partial charge in [0.25, 0.3) is 0 Å². The highest BCUT2D eigenvalue weighted by Gasteiger charge is 2.21. The topological polar surface area (TPSA) is 61.4 Å². The van der Waals surface area contributed by atoms with E-state index in [0.717, 1.165) is 95.6 Å². The normalized spacial score (nSPS) is 13.4. The molecule has 6 aromatic heterocycles. The Labute approximate surface area is 341 Å². The molecule has 2 aliphatic rings. The quantitative estimate of drug-likeness (QED) is 0.159. The van der Waals surface area contributed by atoms with Gasteiger partial charge in [0, 0.05) is 69.0 Å². The first kappa shape index (κ1) is 34.3. The Kier molecular flexibility index (Phi) is 8.28. The maximum atomic E-state index is 5.19. The SMILES string of the molecule is Cc1cccc(-c2ccncc2)c1-c1cc2c3c(n(-c4cccc(-n5c6ccccc6c6cc(C7=C(c8ccncc8)C=CC=C=C7)ncc65)c4)c2cn1)C=CCC=C3. The summed E-state index contributed by atoms with van der Waals surface area (Å²) in [6.45, 7) is 2.16. The number of pyridine rings is 4. The Balaban J connectivity index is 1.08. The zero-order chi connectivity index (χ0) is 39.3. The van der Waals surface area contributed by atoms with Gasteiger partial charge in [-0.3, -0.25) is 19.9 Å². The highest BCUT2D eigenvalue weighted by molar-refractivity contribution is 6.11. The molecule has 0 radical (unpaired) electrons. The number of aryl methyl sites for hydroxylation is 1. The minimum atomic E-state index is 0.873. The minimum absolute atomic E-state index is 0.873. The molecule has 0 saturated carbocycles. The van der Waals surface area contributed by atoms with Crippen molar-refractivity contribution in [1.82, 2.24) is 29.1 Å². The van der Waals surface area contributed by atoms with Gasteiger partial charge in [-0.15, -0.1) is 5.73 Å². The molecule has 6 heterocycles. The first-order chi connectivity index (χ1) is 29.2. The van der Waals surface area contributed by atoms with Crippen molar-refractivity contribution in [1.29, 1.82) is 0 Å². The number of rotatable bonds is 6. The van der Waals surface area contributed by atoms with Gasteiger partial charge in [-0.1, -0.05) is 72.8 Å². The molecule has 0 amide bonds. The predicted octanol–water partition coefficient (Wildman–Crippen LogP) is 12.6. The van der Waals surface area contributed by atoms with Crippen molar-refractivity contribution in [3.8, 4) is 33.8 Å². The summed E-state index contributed by atoms with van der Waals surface area (Å²) in [5, 5.41) is 3.46. The predicted molar refractivity (Wildman–Crippen MR) is 242 cm³/mol. The first-order valence-corrected chi connectivity index (χ1v) is 19.8. The third-order valence-corrected chi connectivity index (χ3v) is 11.4. The van der Waals surface area contributed by atoms with E-state index in [1.165, 1.54) is 16.5 Å². The van der Waals surface area contributed by atoms with Crippen molar-refractivity contribution < 1.29 is 0 Å². The minimum Gasteiger partial charge on any atom is -0.308 e. The van der Waals surface area contributed by atoms with E-state index < -0.39 is 0 Å². The lowest BCUT2D eigenvalue weighted by Crippen LogP contribution is -2.01. The Morgan fingerprint density at radius 2 is 1.29 bits per heavy atom. The molecule has 0 bridgehead atoms. The highest BCUT2D eigenvalue weighted by atomic mass is 15.0. The second kappa shape index (κ2) is 14.2. The van der Waals surface area contributed by atoms with Crippen LogP contribution >= 0.6 is 0 Å². The standard InChI is InChI=1S/C53H36N6/c1-35-12-10-19-41(37-24-28-55-29-25-37)53(35)48-32-46-43-17-6-3-7-20-49(43)58(52(46)34-57-48)38-13-11-14-39(30-38)59-50-21-9-8-18-44(50)45-31-47(56-33-51(45)59)42-16-5-2-4-15-40(42)36-22-26-54-27-23-36/h2,4,6-34H,3H2,1H3. The van der Waals surface area contributed by atoms with Gasteiger partial charge in [-0.25, -0.2) is 0 Å². The third kappa shape index (κ3) is 5.82. The zero-order valence-electron chi connectivity index (χ0n) is 32.3. The third-order valence-electron chi connectivity index (χ3n) is 11.4. The van der Waals surface area contributed by atoms with Crippen LogP contribution in [0.4, 0.5) is 0 Å². The Morgan fingerprint density at radius 1 is 0.576 bits per heavy atom. The number of aromatic nitrogens is 6. The molecule has 0 aliphatic heterocycles. The van der Waals surface area contributed by atoms with E-state index in [0.29, 0.717) is 0 Å². The average Bonchev–Trinajstić information content (AvgIpc) is 3.48. The van der Waals surface area contributed by atoms with Crippen LogP contribution in [0, 0.1) is 6.92 Å². The largest absolute Gasteiger partial charge is 0.308 e. The summed E-state index contributed by atoms with van der Waals surface area (Å²) in [4.78, 5) is 18.8. The molecule has 59 heavy (non-hydrogen) atoms. The van der Waals surface area contributed by atoms with Crippen molar-refractivity contribution in [2.24, 2.45) is 0 Å². The summed E-state index contributed by atoms with van der Waals surface area (Å²) in [6.07, 6.45) is 29.4. The highest BCUT2D eigenvalue weighted by Crippen LogP contribution is 2.40. The Bertz CT molecular complexity index is 3330. The van der Waals surface area contributed by atoms with Crippen molar-refractivity contribution in [3.63, 3.8) is 0 Å². The first-order valence-electron chi connectivity index (χ1n) is 19.8. The van der Waals surface area contributed by atoms with Crippen molar-refractivity contribution in [2.45, 2.75) is 13.3 Å². The molecule has 0 spiro atoms. The van der Waals surface area contributed by atoms with Crippen LogP contribution in [-0.2, 0) is 0 Å². The zero-order valence-corrected chi connectivity index (χ0v) is 32.3. The lowest BCUT2D eigenvalue weighted by Gasteiger charge is -2.14. The summed E-state index contributed by atoms with van der Waals surface area (Å²) >= 11 is 0. The van der Waals surface area contributed by atoms with Crippen LogP contribution in [-0.4, -0.2) is 29.1 Å². The molecule has 11 rings (SSSR count). The molecule has 278 valence electrons. The molecule has 6 nitrogen and oxygen atoms in total. The van der Waals surface area contributed by atoms with E-state index in [9.17, 15) is 0 Å². The molecule has 0 N–H and O–H groups in total. The van der Waals surface area contributed by atoms with Crippen LogP contribution in [0.1, 0.15) is 34.5 Å². The van der Waals surface area contributed by atoms with Crippen LogP contribution in [0.2, 0.25) is 0 Å².